The lowest BCUT2D eigenvalue weighted by molar-refractivity contribution is -0.132. The quantitative estimate of drug-likeness (QED) is 0.698. The van der Waals surface area contributed by atoms with Gasteiger partial charge in [0.1, 0.15) is 12.3 Å². The van der Waals surface area contributed by atoms with Crippen molar-refractivity contribution in [2.24, 2.45) is 0 Å². The zero-order valence-corrected chi connectivity index (χ0v) is 19.3. The van der Waals surface area contributed by atoms with E-state index in [9.17, 15) is 14.4 Å². The minimum atomic E-state index is -0.272. The number of likely N-dealkylation sites (tertiary alicyclic amines) is 1. The molecular weight excluding hydrogens is 432 g/mol. The molecule has 3 heterocycles. The Morgan fingerprint density at radius 1 is 0.824 bits per heavy atom. The Hall–Kier alpha value is -3.55. The summed E-state index contributed by atoms with van der Waals surface area (Å²) in [4.78, 5) is 46.2. The van der Waals surface area contributed by atoms with E-state index in [1.165, 1.54) is 4.90 Å². The van der Waals surface area contributed by atoms with Crippen molar-refractivity contribution in [1.82, 2.24) is 9.80 Å². The normalized spacial score (nSPS) is 18.4. The van der Waals surface area contributed by atoms with Crippen molar-refractivity contribution in [3.8, 4) is 5.75 Å². The van der Waals surface area contributed by atoms with Gasteiger partial charge < -0.3 is 19.4 Å². The molecule has 0 unspecified atom stereocenters. The third-order valence-electron chi connectivity index (χ3n) is 6.84. The van der Waals surface area contributed by atoms with E-state index in [1.807, 2.05) is 28.0 Å². The number of fused-ring (bicyclic) bond motifs is 1. The van der Waals surface area contributed by atoms with E-state index in [0.29, 0.717) is 30.1 Å². The van der Waals surface area contributed by atoms with Crippen LogP contribution in [0.3, 0.4) is 0 Å². The molecule has 34 heavy (non-hydrogen) atoms. The lowest BCUT2D eigenvalue weighted by Gasteiger charge is -2.37. The first-order valence-corrected chi connectivity index (χ1v) is 12.0. The summed E-state index contributed by atoms with van der Waals surface area (Å²) in [6.07, 6.45) is 3.17. The number of para-hydroxylation sites is 1. The maximum Gasteiger partial charge on any atom is 0.265 e. The second-order valence-electron chi connectivity index (χ2n) is 9.01. The molecule has 3 aliphatic heterocycles. The van der Waals surface area contributed by atoms with Crippen molar-refractivity contribution in [2.75, 3.05) is 62.2 Å². The van der Waals surface area contributed by atoms with Gasteiger partial charge in [-0.05, 0) is 49.6 Å². The molecule has 8 nitrogen and oxygen atoms in total. The molecule has 0 saturated carbocycles. The van der Waals surface area contributed by atoms with E-state index in [-0.39, 0.29) is 30.9 Å². The van der Waals surface area contributed by atoms with Gasteiger partial charge in [-0.25, -0.2) is 0 Å². The Labute approximate surface area is 199 Å². The van der Waals surface area contributed by atoms with Gasteiger partial charge in [-0.2, -0.15) is 0 Å². The topological polar surface area (TPSA) is 73.4 Å². The minimum Gasteiger partial charge on any atom is -0.482 e. The van der Waals surface area contributed by atoms with Crippen LogP contribution in [0.4, 0.5) is 11.4 Å². The van der Waals surface area contributed by atoms with Crippen LogP contribution in [-0.4, -0.2) is 79.9 Å². The molecule has 0 spiro atoms. The molecule has 0 atom stereocenters. The summed E-state index contributed by atoms with van der Waals surface area (Å²) in [6.45, 7) is 4.04. The standard InChI is InChI=1S/C26H30N4O4/c31-24(28-15-13-27(14-16-28)21-7-3-1-4-8-21)18-30-22-17-20(9-10-23(22)34-19-25(30)32)26(33)29-11-5-2-6-12-29/h1,3-4,7-10,17H,2,5-6,11-16,18-19H2. The number of rotatable bonds is 4. The summed E-state index contributed by atoms with van der Waals surface area (Å²) >= 11 is 0. The summed E-state index contributed by atoms with van der Waals surface area (Å²) in [6, 6.07) is 15.3. The Bertz CT molecular complexity index is 1060. The first-order chi connectivity index (χ1) is 16.6. The fourth-order valence-corrected chi connectivity index (χ4v) is 4.88. The number of hydrogen-bond donors (Lipinski definition) is 0. The molecule has 3 amide bonds. The Kier molecular flexibility index (Phi) is 6.38. The number of nitrogens with zero attached hydrogens (tertiary/aromatic N) is 4. The highest BCUT2D eigenvalue weighted by molar-refractivity contribution is 6.04. The molecule has 5 rings (SSSR count). The highest BCUT2D eigenvalue weighted by atomic mass is 16.5. The van der Waals surface area contributed by atoms with Crippen LogP contribution in [0, 0.1) is 0 Å². The number of carbonyl (C=O) groups is 3. The van der Waals surface area contributed by atoms with Crippen molar-refractivity contribution < 1.29 is 19.1 Å². The summed E-state index contributed by atoms with van der Waals surface area (Å²) in [5, 5.41) is 0. The third-order valence-corrected chi connectivity index (χ3v) is 6.84. The van der Waals surface area contributed by atoms with Crippen molar-refractivity contribution in [2.45, 2.75) is 19.3 Å². The summed E-state index contributed by atoms with van der Waals surface area (Å²) in [5.74, 6) is 0.119. The molecule has 0 aliphatic carbocycles. The SMILES string of the molecule is O=C(CN1C(=O)COc2ccc(C(=O)N3CCCCC3)cc21)N1CCN(c2ccccc2)CC1. The molecule has 178 valence electrons. The smallest absolute Gasteiger partial charge is 0.265 e. The number of benzene rings is 2. The predicted octanol–water partition coefficient (Wildman–Crippen LogP) is 2.39. The number of amides is 3. The number of carbonyl (C=O) groups excluding carboxylic acids is 3. The van der Waals surface area contributed by atoms with Gasteiger partial charge >= 0.3 is 0 Å². The molecule has 2 aromatic carbocycles. The van der Waals surface area contributed by atoms with Crippen molar-refractivity contribution in [3.05, 3.63) is 54.1 Å². The lowest BCUT2D eigenvalue weighted by Crippen LogP contribution is -2.53. The van der Waals surface area contributed by atoms with E-state index < -0.39 is 0 Å². The number of hydrogen-bond acceptors (Lipinski definition) is 5. The van der Waals surface area contributed by atoms with Gasteiger partial charge in [0.25, 0.3) is 11.8 Å². The average molecular weight is 463 g/mol. The molecule has 0 aromatic heterocycles. The fraction of sp³-hybridized carbons (Fsp3) is 0.423. The largest absolute Gasteiger partial charge is 0.482 e. The van der Waals surface area contributed by atoms with Crippen molar-refractivity contribution in [3.63, 3.8) is 0 Å². The highest BCUT2D eigenvalue weighted by Crippen LogP contribution is 2.33. The number of anilines is 2. The first kappa shape index (κ1) is 22.3. The Morgan fingerprint density at radius 3 is 2.29 bits per heavy atom. The number of piperidine rings is 1. The Balaban J connectivity index is 1.27. The maximum absolute atomic E-state index is 13.1. The van der Waals surface area contributed by atoms with Gasteiger partial charge in [-0.15, -0.1) is 0 Å². The molecule has 2 aromatic rings. The number of piperazine rings is 1. The molecule has 0 radical (unpaired) electrons. The van der Waals surface area contributed by atoms with Gasteiger partial charge in [0.2, 0.25) is 5.91 Å². The van der Waals surface area contributed by atoms with Gasteiger partial charge in [0.05, 0.1) is 5.69 Å². The van der Waals surface area contributed by atoms with Gasteiger partial charge in [0, 0.05) is 50.5 Å². The zero-order valence-electron chi connectivity index (χ0n) is 19.3. The predicted molar refractivity (Wildman–Crippen MR) is 129 cm³/mol. The van der Waals surface area contributed by atoms with Crippen LogP contribution in [-0.2, 0) is 9.59 Å². The Morgan fingerprint density at radius 2 is 1.56 bits per heavy atom. The molecular formula is C26H30N4O4. The van der Waals surface area contributed by atoms with Gasteiger partial charge in [0.15, 0.2) is 6.61 Å². The van der Waals surface area contributed by atoms with Crippen LogP contribution in [0.2, 0.25) is 0 Å². The molecule has 8 heteroatoms. The molecule has 2 saturated heterocycles. The summed E-state index contributed by atoms with van der Waals surface area (Å²) in [5.41, 5.74) is 2.17. The van der Waals surface area contributed by atoms with E-state index in [2.05, 4.69) is 17.0 Å². The second-order valence-corrected chi connectivity index (χ2v) is 9.01. The molecule has 0 bridgehead atoms. The van der Waals surface area contributed by atoms with E-state index in [4.69, 9.17) is 4.74 Å². The monoisotopic (exact) mass is 462 g/mol. The highest BCUT2D eigenvalue weighted by Gasteiger charge is 2.31. The molecule has 2 fully saturated rings. The maximum atomic E-state index is 13.1. The first-order valence-electron chi connectivity index (χ1n) is 12.0. The third kappa shape index (κ3) is 4.58. The van der Waals surface area contributed by atoms with Gasteiger partial charge in [-0.1, -0.05) is 18.2 Å². The molecule has 0 N–H and O–H groups in total. The van der Waals surface area contributed by atoms with Crippen LogP contribution in [0.15, 0.2) is 48.5 Å². The fourth-order valence-electron chi connectivity index (χ4n) is 4.88. The average Bonchev–Trinajstić information content (AvgIpc) is 2.90. The van der Waals surface area contributed by atoms with Crippen molar-refractivity contribution >= 4 is 29.1 Å². The number of ether oxygens (including phenoxy) is 1. The molecule has 3 aliphatic rings. The van der Waals surface area contributed by atoms with E-state index >= 15 is 0 Å². The second kappa shape index (κ2) is 9.75. The summed E-state index contributed by atoms with van der Waals surface area (Å²) in [7, 11) is 0. The zero-order chi connectivity index (χ0) is 23.5. The van der Waals surface area contributed by atoms with Crippen LogP contribution < -0.4 is 14.5 Å². The van der Waals surface area contributed by atoms with Crippen LogP contribution in [0.1, 0.15) is 29.6 Å². The van der Waals surface area contributed by atoms with E-state index in [1.54, 1.807) is 18.2 Å². The van der Waals surface area contributed by atoms with Crippen LogP contribution >= 0.6 is 0 Å². The van der Waals surface area contributed by atoms with Crippen molar-refractivity contribution in [1.29, 1.82) is 0 Å². The van der Waals surface area contributed by atoms with Gasteiger partial charge in [-0.3, -0.25) is 19.3 Å². The van der Waals surface area contributed by atoms with Crippen LogP contribution in [0.5, 0.6) is 5.75 Å². The lowest BCUT2D eigenvalue weighted by atomic mass is 10.1. The van der Waals surface area contributed by atoms with Crippen LogP contribution in [0.25, 0.3) is 0 Å². The minimum absolute atomic E-state index is 0.0381. The van der Waals surface area contributed by atoms with E-state index in [0.717, 1.165) is 51.1 Å². The summed E-state index contributed by atoms with van der Waals surface area (Å²) < 4.78 is 5.59.